The standard InChI is InChI=1S/C8H13NOS2/c1-8(2)5-6(9-10)4-7(11-3)12-8/h4,10H,5H2,1-3H3/b9-6+. The van der Waals surface area contributed by atoms with Crippen molar-refractivity contribution in [3.8, 4) is 0 Å². The van der Waals surface area contributed by atoms with Crippen molar-refractivity contribution in [2.45, 2.75) is 25.0 Å². The van der Waals surface area contributed by atoms with Crippen LogP contribution in [0.15, 0.2) is 15.5 Å². The molecule has 1 N–H and O–H groups in total. The quantitative estimate of drug-likeness (QED) is 0.525. The van der Waals surface area contributed by atoms with E-state index in [0.717, 1.165) is 12.1 Å². The fourth-order valence-electron chi connectivity index (χ4n) is 1.13. The molecule has 0 amide bonds. The van der Waals surface area contributed by atoms with Gasteiger partial charge in [0.25, 0.3) is 0 Å². The molecule has 0 fully saturated rings. The third-order valence-electron chi connectivity index (χ3n) is 1.60. The molecule has 0 saturated carbocycles. The highest BCUT2D eigenvalue weighted by Crippen LogP contribution is 2.42. The molecule has 2 nitrogen and oxygen atoms in total. The van der Waals surface area contributed by atoms with Gasteiger partial charge in [0.05, 0.1) is 5.71 Å². The smallest absolute Gasteiger partial charge is 0.0825 e. The average Bonchev–Trinajstić information content (AvgIpc) is 2.01. The van der Waals surface area contributed by atoms with Crippen molar-refractivity contribution < 1.29 is 5.21 Å². The topological polar surface area (TPSA) is 32.6 Å². The van der Waals surface area contributed by atoms with E-state index in [0.29, 0.717) is 0 Å². The molecule has 12 heavy (non-hydrogen) atoms. The molecule has 0 atom stereocenters. The van der Waals surface area contributed by atoms with Crippen LogP contribution in [0.3, 0.4) is 0 Å². The highest BCUT2D eigenvalue weighted by molar-refractivity contribution is 8.22. The lowest BCUT2D eigenvalue weighted by Crippen LogP contribution is -2.22. The predicted octanol–water partition coefficient (Wildman–Crippen LogP) is 2.94. The summed E-state index contributed by atoms with van der Waals surface area (Å²) in [5.74, 6) is 0. The molecule has 0 bridgehead atoms. The molecular formula is C8H13NOS2. The van der Waals surface area contributed by atoms with Gasteiger partial charge in [-0.25, -0.2) is 0 Å². The number of thioether (sulfide) groups is 2. The van der Waals surface area contributed by atoms with Crippen LogP contribution in [-0.4, -0.2) is 21.9 Å². The number of oxime groups is 1. The lowest BCUT2D eigenvalue weighted by molar-refractivity contribution is 0.317. The molecule has 1 aliphatic rings. The minimum Gasteiger partial charge on any atom is -0.411 e. The molecule has 0 saturated heterocycles. The van der Waals surface area contributed by atoms with E-state index in [1.54, 1.807) is 11.8 Å². The highest BCUT2D eigenvalue weighted by Gasteiger charge is 2.27. The monoisotopic (exact) mass is 203 g/mol. The van der Waals surface area contributed by atoms with Crippen molar-refractivity contribution >= 4 is 29.2 Å². The first-order chi connectivity index (χ1) is 5.57. The molecule has 0 spiro atoms. The molecule has 1 rings (SSSR count). The zero-order valence-corrected chi connectivity index (χ0v) is 9.13. The van der Waals surface area contributed by atoms with Gasteiger partial charge in [0.2, 0.25) is 0 Å². The number of nitrogens with zero attached hydrogens (tertiary/aromatic N) is 1. The third kappa shape index (κ3) is 2.45. The number of hydrogen-bond donors (Lipinski definition) is 1. The van der Waals surface area contributed by atoms with E-state index in [1.165, 1.54) is 4.24 Å². The first-order valence-electron chi connectivity index (χ1n) is 3.73. The molecule has 68 valence electrons. The van der Waals surface area contributed by atoms with E-state index in [9.17, 15) is 0 Å². The first kappa shape index (κ1) is 9.99. The zero-order chi connectivity index (χ0) is 9.19. The fourth-order valence-corrected chi connectivity index (χ4v) is 3.35. The Labute approximate surface area is 81.5 Å². The van der Waals surface area contributed by atoms with Gasteiger partial charge < -0.3 is 5.21 Å². The van der Waals surface area contributed by atoms with E-state index >= 15 is 0 Å². The molecule has 0 radical (unpaired) electrons. The van der Waals surface area contributed by atoms with E-state index in [-0.39, 0.29) is 4.75 Å². The summed E-state index contributed by atoms with van der Waals surface area (Å²) < 4.78 is 1.38. The van der Waals surface area contributed by atoms with Crippen molar-refractivity contribution in [2.24, 2.45) is 5.16 Å². The van der Waals surface area contributed by atoms with Gasteiger partial charge in [-0.3, -0.25) is 0 Å². The number of allylic oxidation sites excluding steroid dienone is 1. The third-order valence-corrected chi connectivity index (χ3v) is 3.88. The van der Waals surface area contributed by atoms with Crippen LogP contribution in [0.25, 0.3) is 0 Å². The van der Waals surface area contributed by atoms with Crippen molar-refractivity contribution in [1.82, 2.24) is 0 Å². The van der Waals surface area contributed by atoms with Crippen LogP contribution in [0.5, 0.6) is 0 Å². The van der Waals surface area contributed by atoms with Gasteiger partial charge in [-0.05, 0) is 26.2 Å². The minimum absolute atomic E-state index is 0.161. The van der Waals surface area contributed by atoms with Gasteiger partial charge in [0, 0.05) is 15.4 Å². The normalized spacial score (nSPS) is 25.6. The summed E-state index contributed by atoms with van der Waals surface area (Å²) in [6.45, 7) is 4.32. The minimum atomic E-state index is 0.161. The Morgan fingerprint density at radius 3 is 2.83 bits per heavy atom. The summed E-state index contributed by atoms with van der Waals surface area (Å²) in [5, 5.41) is 11.9. The van der Waals surface area contributed by atoms with Crippen LogP contribution in [0.2, 0.25) is 0 Å². The van der Waals surface area contributed by atoms with Gasteiger partial charge in [0.15, 0.2) is 0 Å². The maximum absolute atomic E-state index is 8.66. The Morgan fingerprint density at radius 1 is 1.67 bits per heavy atom. The predicted molar refractivity (Wildman–Crippen MR) is 57.1 cm³/mol. The van der Waals surface area contributed by atoms with Crippen molar-refractivity contribution in [1.29, 1.82) is 0 Å². The Morgan fingerprint density at radius 2 is 2.33 bits per heavy atom. The van der Waals surface area contributed by atoms with E-state index in [4.69, 9.17) is 5.21 Å². The van der Waals surface area contributed by atoms with Crippen molar-refractivity contribution in [3.05, 3.63) is 10.3 Å². The Hall–Kier alpha value is -0.0900. The molecule has 0 unspecified atom stereocenters. The Balaban J connectivity index is 2.86. The van der Waals surface area contributed by atoms with Gasteiger partial charge in [-0.15, -0.1) is 23.5 Å². The fraction of sp³-hybridized carbons (Fsp3) is 0.625. The SMILES string of the molecule is CSC1=C/C(=N\O)CC(C)(C)S1. The Bertz CT molecular complexity index is 233. The first-order valence-corrected chi connectivity index (χ1v) is 5.77. The molecule has 1 aliphatic heterocycles. The molecule has 1 heterocycles. The van der Waals surface area contributed by atoms with Crippen LogP contribution >= 0.6 is 23.5 Å². The van der Waals surface area contributed by atoms with Crippen LogP contribution in [0.1, 0.15) is 20.3 Å². The molecule has 0 aromatic carbocycles. The highest BCUT2D eigenvalue weighted by atomic mass is 32.2. The molecule has 0 aromatic heterocycles. The average molecular weight is 203 g/mol. The Kier molecular flexibility index (Phi) is 3.12. The maximum Gasteiger partial charge on any atom is 0.0825 e. The van der Waals surface area contributed by atoms with Crippen molar-refractivity contribution in [3.63, 3.8) is 0 Å². The van der Waals surface area contributed by atoms with Crippen LogP contribution in [-0.2, 0) is 0 Å². The number of hydrogen-bond acceptors (Lipinski definition) is 4. The molecule has 0 aromatic rings. The summed E-state index contributed by atoms with van der Waals surface area (Å²) in [4.78, 5) is 0. The van der Waals surface area contributed by atoms with Gasteiger partial charge >= 0.3 is 0 Å². The number of rotatable bonds is 1. The summed E-state index contributed by atoms with van der Waals surface area (Å²) >= 11 is 3.54. The van der Waals surface area contributed by atoms with Crippen LogP contribution in [0.4, 0.5) is 0 Å². The molecule has 0 aliphatic carbocycles. The zero-order valence-electron chi connectivity index (χ0n) is 7.50. The summed E-state index contributed by atoms with van der Waals surface area (Å²) in [6.07, 6.45) is 4.81. The summed E-state index contributed by atoms with van der Waals surface area (Å²) in [7, 11) is 0. The van der Waals surface area contributed by atoms with Gasteiger partial charge in [0.1, 0.15) is 0 Å². The lowest BCUT2D eigenvalue weighted by Gasteiger charge is -2.28. The summed E-state index contributed by atoms with van der Waals surface area (Å²) in [6, 6.07) is 0. The van der Waals surface area contributed by atoms with Gasteiger partial charge in [-0.2, -0.15) is 0 Å². The second-order valence-electron chi connectivity index (χ2n) is 3.30. The van der Waals surface area contributed by atoms with Crippen LogP contribution < -0.4 is 0 Å². The van der Waals surface area contributed by atoms with Gasteiger partial charge in [-0.1, -0.05) is 5.16 Å². The van der Waals surface area contributed by atoms with E-state index in [2.05, 4.69) is 19.0 Å². The van der Waals surface area contributed by atoms with E-state index < -0.39 is 0 Å². The molecular weight excluding hydrogens is 190 g/mol. The maximum atomic E-state index is 8.66. The molecule has 4 heteroatoms. The van der Waals surface area contributed by atoms with Crippen LogP contribution in [0, 0.1) is 0 Å². The van der Waals surface area contributed by atoms with Crippen molar-refractivity contribution in [2.75, 3.05) is 6.26 Å². The lowest BCUT2D eigenvalue weighted by atomic mass is 10.1. The largest absolute Gasteiger partial charge is 0.411 e. The summed E-state index contributed by atoms with van der Waals surface area (Å²) in [5.41, 5.74) is 0.781. The second kappa shape index (κ2) is 3.75. The second-order valence-corrected chi connectivity index (χ2v) is 6.15. The van der Waals surface area contributed by atoms with E-state index in [1.807, 2.05) is 24.1 Å².